The summed E-state index contributed by atoms with van der Waals surface area (Å²) >= 11 is 0. The van der Waals surface area contributed by atoms with Gasteiger partial charge in [-0.05, 0) is 41.5 Å². The smallest absolute Gasteiger partial charge is 0.407 e. The first kappa shape index (κ1) is 27.2. The molecule has 172 valence electrons. The zero-order valence-electron chi connectivity index (χ0n) is 18.7. The fourth-order valence-electron chi connectivity index (χ4n) is 1.71. The van der Waals surface area contributed by atoms with Crippen LogP contribution in [0.25, 0.3) is 0 Å². The van der Waals surface area contributed by atoms with Crippen molar-refractivity contribution in [2.75, 3.05) is 26.4 Å². The van der Waals surface area contributed by atoms with E-state index < -0.39 is 35.2 Å². The number of hydrogen-bond donors (Lipinski definition) is 2. The molecule has 0 rings (SSSR count). The van der Waals surface area contributed by atoms with E-state index in [1.165, 1.54) is 0 Å². The molecule has 2 N–H and O–H groups in total. The first-order valence-electron chi connectivity index (χ1n) is 9.70. The quantitative estimate of drug-likeness (QED) is 0.234. The molecule has 0 aliphatic rings. The van der Waals surface area contributed by atoms with Gasteiger partial charge >= 0.3 is 24.1 Å². The van der Waals surface area contributed by atoms with Crippen LogP contribution >= 0.6 is 0 Å². The molecule has 0 saturated carbocycles. The molecule has 0 atom stereocenters. The Morgan fingerprint density at radius 2 is 0.900 bits per heavy atom. The van der Waals surface area contributed by atoms with E-state index in [1.807, 2.05) is 41.5 Å². The highest BCUT2D eigenvalue weighted by Crippen LogP contribution is 2.00. The molecule has 30 heavy (non-hydrogen) atoms. The Labute approximate surface area is 177 Å². The van der Waals surface area contributed by atoms with Gasteiger partial charge in [0.1, 0.15) is 0 Å². The zero-order valence-corrected chi connectivity index (χ0v) is 18.7. The number of ether oxygens (including phenoxy) is 4. The lowest BCUT2D eigenvalue weighted by Gasteiger charge is -2.19. The standard InChI is InChI=1S/C20H34N2O8/c1-19(2,3)21-17(25)29-13-7-11-27-15(23)9-10-16(24)28-12-8-14-30-18(26)22-20(4,5)6/h9-10H,7-8,11-14H2,1-6H3,(H,21,25)(H,22,26)/b10-9+. The van der Waals surface area contributed by atoms with E-state index in [9.17, 15) is 19.2 Å². The van der Waals surface area contributed by atoms with Gasteiger partial charge in [0.15, 0.2) is 0 Å². The Morgan fingerprint density at radius 1 is 0.600 bits per heavy atom. The van der Waals surface area contributed by atoms with Crippen molar-refractivity contribution >= 4 is 24.1 Å². The van der Waals surface area contributed by atoms with Gasteiger partial charge in [0.25, 0.3) is 0 Å². The zero-order chi connectivity index (χ0) is 23.2. The molecule has 0 aliphatic heterocycles. The number of rotatable bonds is 10. The van der Waals surface area contributed by atoms with Crippen molar-refractivity contribution in [2.45, 2.75) is 65.5 Å². The van der Waals surface area contributed by atoms with Gasteiger partial charge in [0.2, 0.25) is 0 Å². The Hall–Kier alpha value is -2.78. The van der Waals surface area contributed by atoms with Gasteiger partial charge in [-0.1, -0.05) is 0 Å². The maximum atomic E-state index is 11.5. The van der Waals surface area contributed by atoms with Crippen LogP contribution in [0.5, 0.6) is 0 Å². The van der Waals surface area contributed by atoms with Crippen LogP contribution in [0.2, 0.25) is 0 Å². The SMILES string of the molecule is CC(C)(C)NC(=O)OCCCOC(=O)/C=C/C(=O)OCCCOC(=O)NC(C)(C)C. The molecule has 0 unspecified atom stereocenters. The van der Waals surface area contributed by atoms with E-state index in [4.69, 9.17) is 18.9 Å². The number of amides is 2. The third kappa shape index (κ3) is 18.6. The molecule has 0 aliphatic carbocycles. The second-order valence-corrected chi connectivity index (χ2v) is 8.40. The Bertz CT molecular complexity index is 551. The van der Waals surface area contributed by atoms with Gasteiger partial charge < -0.3 is 29.6 Å². The molecule has 0 heterocycles. The Kier molecular flexibility index (Phi) is 12.2. The molecule has 0 fully saturated rings. The Morgan fingerprint density at radius 3 is 1.20 bits per heavy atom. The predicted octanol–water partition coefficient (Wildman–Crippen LogP) is 2.46. The van der Waals surface area contributed by atoms with E-state index in [2.05, 4.69) is 10.6 Å². The summed E-state index contributed by atoms with van der Waals surface area (Å²) < 4.78 is 19.6. The average molecular weight is 430 g/mol. The van der Waals surface area contributed by atoms with E-state index in [0.29, 0.717) is 12.8 Å². The van der Waals surface area contributed by atoms with Crippen molar-refractivity contribution in [1.82, 2.24) is 10.6 Å². The second kappa shape index (κ2) is 13.4. The highest BCUT2D eigenvalue weighted by molar-refractivity contribution is 5.91. The molecule has 0 aromatic carbocycles. The van der Waals surface area contributed by atoms with Crippen LogP contribution in [0, 0.1) is 0 Å². The highest BCUT2D eigenvalue weighted by atomic mass is 16.6. The lowest BCUT2D eigenvalue weighted by Crippen LogP contribution is -2.41. The topological polar surface area (TPSA) is 129 Å². The second-order valence-electron chi connectivity index (χ2n) is 8.40. The molecule has 0 bridgehead atoms. The minimum Gasteiger partial charge on any atom is -0.462 e. The summed E-state index contributed by atoms with van der Waals surface area (Å²) in [5, 5.41) is 5.26. The summed E-state index contributed by atoms with van der Waals surface area (Å²) in [7, 11) is 0. The third-order valence-corrected chi connectivity index (χ3v) is 2.84. The summed E-state index contributed by atoms with van der Waals surface area (Å²) in [5.74, 6) is -1.43. The largest absolute Gasteiger partial charge is 0.462 e. The predicted molar refractivity (Wildman–Crippen MR) is 109 cm³/mol. The van der Waals surface area contributed by atoms with Crippen molar-refractivity contribution in [3.05, 3.63) is 12.2 Å². The van der Waals surface area contributed by atoms with Gasteiger partial charge in [0.05, 0.1) is 26.4 Å². The fourth-order valence-corrected chi connectivity index (χ4v) is 1.71. The molecule has 0 saturated heterocycles. The van der Waals surface area contributed by atoms with Gasteiger partial charge in [-0.2, -0.15) is 0 Å². The van der Waals surface area contributed by atoms with E-state index in [1.54, 1.807) is 0 Å². The molecular formula is C20H34N2O8. The molecule has 0 aromatic heterocycles. The van der Waals surface area contributed by atoms with E-state index in [0.717, 1.165) is 12.2 Å². The molecule has 2 amide bonds. The molecule has 10 heteroatoms. The van der Waals surface area contributed by atoms with Crippen molar-refractivity contribution in [3.8, 4) is 0 Å². The van der Waals surface area contributed by atoms with Crippen molar-refractivity contribution in [1.29, 1.82) is 0 Å². The summed E-state index contributed by atoms with van der Waals surface area (Å²) in [6.07, 6.45) is 1.45. The average Bonchev–Trinajstić information content (AvgIpc) is 2.56. The van der Waals surface area contributed by atoms with Crippen LogP contribution in [0.15, 0.2) is 12.2 Å². The maximum absolute atomic E-state index is 11.5. The van der Waals surface area contributed by atoms with Crippen molar-refractivity contribution < 1.29 is 38.1 Å². The van der Waals surface area contributed by atoms with Gasteiger partial charge in [-0.25, -0.2) is 19.2 Å². The monoisotopic (exact) mass is 430 g/mol. The van der Waals surface area contributed by atoms with Gasteiger partial charge in [0, 0.05) is 36.1 Å². The summed E-state index contributed by atoms with van der Waals surface area (Å²) in [5.41, 5.74) is -0.784. The molecular weight excluding hydrogens is 396 g/mol. The van der Waals surface area contributed by atoms with Gasteiger partial charge in [-0.15, -0.1) is 0 Å². The summed E-state index contributed by atoms with van der Waals surface area (Å²) in [4.78, 5) is 45.8. The lowest BCUT2D eigenvalue weighted by atomic mass is 10.1. The number of esters is 2. The number of carbonyl (C=O) groups excluding carboxylic acids is 4. The van der Waals surface area contributed by atoms with Gasteiger partial charge in [-0.3, -0.25) is 0 Å². The summed E-state index contributed by atoms with van der Waals surface area (Å²) in [6, 6.07) is 0. The number of hydrogen-bond acceptors (Lipinski definition) is 8. The fraction of sp³-hybridized carbons (Fsp3) is 0.700. The lowest BCUT2D eigenvalue weighted by molar-refractivity contribution is -0.140. The number of nitrogens with one attached hydrogen (secondary N) is 2. The van der Waals surface area contributed by atoms with Crippen LogP contribution in [0.3, 0.4) is 0 Å². The van der Waals surface area contributed by atoms with E-state index in [-0.39, 0.29) is 26.4 Å². The maximum Gasteiger partial charge on any atom is 0.407 e. The van der Waals surface area contributed by atoms with Crippen LogP contribution in [-0.2, 0) is 28.5 Å². The number of alkyl carbamates (subject to hydrolysis) is 2. The first-order valence-corrected chi connectivity index (χ1v) is 9.70. The van der Waals surface area contributed by atoms with Crippen molar-refractivity contribution in [2.24, 2.45) is 0 Å². The van der Waals surface area contributed by atoms with Crippen LogP contribution in [-0.4, -0.2) is 61.6 Å². The minimum absolute atomic E-state index is 0.0367. The molecule has 0 aromatic rings. The number of carbonyl (C=O) groups is 4. The molecule has 0 spiro atoms. The van der Waals surface area contributed by atoms with Crippen LogP contribution < -0.4 is 10.6 Å². The molecule has 0 radical (unpaired) electrons. The normalized spacial score (nSPS) is 11.5. The van der Waals surface area contributed by atoms with Crippen molar-refractivity contribution in [3.63, 3.8) is 0 Å². The van der Waals surface area contributed by atoms with Crippen LogP contribution in [0.1, 0.15) is 54.4 Å². The highest BCUT2D eigenvalue weighted by Gasteiger charge is 2.15. The third-order valence-electron chi connectivity index (χ3n) is 2.84. The van der Waals surface area contributed by atoms with Crippen LogP contribution in [0.4, 0.5) is 9.59 Å². The minimum atomic E-state index is -0.715. The van der Waals surface area contributed by atoms with E-state index >= 15 is 0 Å². The Balaban J connectivity index is 3.78. The summed E-state index contributed by atoms with van der Waals surface area (Å²) in [6.45, 7) is 11.2. The molecule has 10 nitrogen and oxygen atoms in total. The first-order chi connectivity index (χ1) is 13.8.